The summed E-state index contributed by atoms with van der Waals surface area (Å²) in [5, 5.41) is 11.3. The fraction of sp³-hybridized carbons (Fsp3) is 0.500. The van der Waals surface area contributed by atoms with Crippen LogP contribution in [0.3, 0.4) is 0 Å². The smallest absolute Gasteiger partial charge is 0.303 e. The molecule has 122 valence electrons. The van der Waals surface area contributed by atoms with Gasteiger partial charge in [0.2, 0.25) is 5.91 Å². The standard InChI is InChI=1S/C16H23NO5/c1-11(2)22-14-9-8-12(21-3)10-13(14)17-15(18)6-4-5-7-16(19)20/h8-11H,4-7H2,1-3H3,(H,17,18)(H,19,20). The number of hydrogen-bond donors (Lipinski definition) is 2. The van der Waals surface area contributed by atoms with E-state index in [-0.39, 0.29) is 24.9 Å². The lowest BCUT2D eigenvalue weighted by Gasteiger charge is -2.16. The number of unbranched alkanes of at least 4 members (excludes halogenated alkanes) is 1. The Labute approximate surface area is 130 Å². The maximum absolute atomic E-state index is 11.9. The summed E-state index contributed by atoms with van der Waals surface area (Å²) in [5.41, 5.74) is 0.552. The molecule has 1 amide bonds. The Hall–Kier alpha value is -2.24. The number of carboxylic acid groups (broad SMARTS) is 1. The van der Waals surface area contributed by atoms with Crippen molar-refractivity contribution in [3.8, 4) is 11.5 Å². The molecule has 0 aliphatic rings. The maximum Gasteiger partial charge on any atom is 0.303 e. The third-order valence-corrected chi connectivity index (χ3v) is 2.87. The van der Waals surface area contributed by atoms with E-state index in [1.165, 1.54) is 0 Å². The first-order valence-electron chi connectivity index (χ1n) is 7.28. The number of aliphatic carboxylic acids is 1. The lowest BCUT2D eigenvalue weighted by molar-refractivity contribution is -0.137. The summed E-state index contributed by atoms with van der Waals surface area (Å²) in [5.74, 6) is 0.181. The van der Waals surface area contributed by atoms with Crippen molar-refractivity contribution in [3.63, 3.8) is 0 Å². The molecule has 0 bridgehead atoms. The van der Waals surface area contributed by atoms with E-state index in [4.69, 9.17) is 14.6 Å². The van der Waals surface area contributed by atoms with Crippen LogP contribution in [-0.4, -0.2) is 30.2 Å². The molecule has 0 saturated carbocycles. The van der Waals surface area contributed by atoms with E-state index in [1.807, 2.05) is 13.8 Å². The minimum absolute atomic E-state index is 0.0142. The number of nitrogens with one attached hydrogen (secondary N) is 1. The highest BCUT2D eigenvalue weighted by Gasteiger charge is 2.11. The van der Waals surface area contributed by atoms with E-state index in [9.17, 15) is 9.59 Å². The summed E-state index contributed by atoms with van der Waals surface area (Å²) in [7, 11) is 1.55. The van der Waals surface area contributed by atoms with Gasteiger partial charge in [-0.2, -0.15) is 0 Å². The second-order valence-corrected chi connectivity index (χ2v) is 5.18. The minimum Gasteiger partial charge on any atom is -0.497 e. The molecule has 6 nitrogen and oxygen atoms in total. The monoisotopic (exact) mass is 309 g/mol. The van der Waals surface area contributed by atoms with Gasteiger partial charge in [-0.15, -0.1) is 0 Å². The van der Waals surface area contributed by atoms with Crippen LogP contribution >= 0.6 is 0 Å². The summed E-state index contributed by atoms with van der Waals surface area (Å²) in [4.78, 5) is 22.4. The van der Waals surface area contributed by atoms with E-state index >= 15 is 0 Å². The van der Waals surface area contributed by atoms with Crippen molar-refractivity contribution in [2.75, 3.05) is 12.4 Å². The molecule has 0 fully saturated rings. The normalized spacial score (nSPS) is 10.4. The van der Waals surface area contributed by atoms with Crippen LogP contribution in [0.2, 0.25) is 0 Å². The quantitative estimate of drug-likeness (QED) is 0.685. The topological polar surface area (TPSA) is 84.9 Å². The van der Waals surface area contributed by atoms with Crippen molar-refractivity contribution in [1.29, 1.82) is 0 Å². The van der Waals surface area contributed by atoms with Gasteiger partial charge in [-0.3, -0.25) is 9.59 Å². The molecule has 0 saturated heterocycles. The van der Waals surface area contributed by atoms with E-state index in [2.05, 4.69) is 5.32 Å². The molecule has 0 atom stereocenters. The van der Waals surface area contributed by atoms with Crippen LogP contribution in [-0.2, 0) is 9.59 Å². The molecule has 1 aromatic carbocycles. The Morgan fingerprint density at radius 1 is 1.23 bits per heavy atom. The van der Waals surface area contributed by atoms with Crippen LogP contribution in [0.25, 0.3) is 0 Å². The Bertz CT molecular complexity index is 513. The first-order chi connectivity index (χ1) is 10.4. The minimum atomic E-state index is -0.846. The molecular weight excluding hydrogens is 286 g/mol. The van der Waals surface area contributed by atoms with Crippen LogP contribution in [0.1, 0.15) is 39.5 Å². The van der Waals surface area contributed by atoms with E-state index in [1.54, 1.807) is 25.3 Å². The Morgan fingerprint density at radius 2 is 1.91 bits per heavy atom. The maximum atomic E-state index is 11.9. The van der Waals surface area contributed by atoms with Crippen LogP contribution in [0.15, 0.2) is 18.2 Å². The number of carbonyl (C=O) groups is 2. The predicted molar refractivity (Wildman–Crippen MR) is 83.5 cm³/mol. The Morgan fingerprint density at radius 3 is 2.50 bits per heavy atom. The van der Waals surface area contributed by atoms with E-state index < -0.39 is 5.97 Å². The van der Waals surface area contributed by atoms with Gasteiger partial charge in [0.05, 0.1) is 18.9 Å². The van der Waals surface area contributed by atoms with E-state index in [0.29, 0.717) is 30.0 Å². The number of rotatable bonds is 9. The fourth-order valence-electron chi connectivity index (χ4n) is 1.86. The van der Waals surface area contributed by atoms with Crippen molar-refractivity contribution in [1.82, 2.24) is 0 Å². The molecule has 0 radical (unpaired) electrons. The predicted octanol–water partition coefficient (Wildman–Crippen LogP) is 3.07. The molecular formula is C16H23NO5. The molecule has 0 unspecified atom stereocenters. The van der Waals surface area contributed by atoms with Gasteiger partial charge in [0, 0.05) is 18.9 Å². The molecule has 0 spiro atoms. The lowest BCUT2D eigenvalue weighted by Crippen LogP contribution is -2.14. The third-order valence-electron chi connectivity index (χ3n) is 2.87. The number of amides is 1. The van der Waals surface area contributed by atoms with Crippen molar-refractivity contribution in [2.45, 2.75) is 45.6 Å². The van der Waals surface area contributed by atoms with Crippen LogP contribution < -0.4 is 14.8 Å². The highest BCUT2D eigenvalue weighted by molar-refractivity contribution is 5.92. The summed E-state index contributed by atoms with van der Waals surface area (Å²) in [6.45, 7) is 3.81. The zero-order valence-corrected chi connectivity index (χ0v) is 13.2. The van der Waals surface area contributed by atoms with Gasteiger partial charge < -0.3 is 19.9 Å². The summed E-state index contributed by atoms with van der Waals surface area (Å²) >= 11 is 0. The number of carboxylic acids is 1. The number of carbonyl (C=O) groups excluding carboxylic acids is 1. The number of ether oxygens (including phenoxy) is 2. The Balaban J connectivity index is 2.64. The molecule has 0 heterocycles. The number of anilines is 1. The average molecular weight is 309 g/mol. The fourth-order valence-corrected chi connectivity index (χ4v) is 1.86. The van der Waals surface area contributed by atoms with Crippen LogP contribution in [0, 0.1) is 0 Å². The van der Waals surface area contributed by atoms with Crippen molar-refractivity contribution in [3.05, 3.63) is 18.2 Å². The third kappa shape index (κ3) is 6.47. The number of methoxy groups -OCH3 is 1. The van der Waals surface area contributed by atoms with Gasteiger partial charge in [-0.05, 0) is 38.8 Å². The largest absolute Gasteiger partial charge is 0.497 e. The van der Waals surface area contributed by atoms with Crippen LogP contribution in [0.5, 0.6) is 11.5 Å². The van der Waals surface area contributed by atoms with Crippen molar-refractivity contribution >= 4 is 17.6 Å². The molecule has 0 aromatic heterocycles. The molecule has 1 rings (SSSR count). The highest BCUT2D eigenvalue weighted by Crippen LogP contribution is 2.30. The first kappa shape index (κ1) is 17.8. The van der Waals surface area contributed by atoms with Crippen molar-refractivity contribution < 1.29 is 24.2 Å². The Kier molecular flexibility index (Phi) is 7.22. The number of benzene rings is 1. The summed E-state index contributed by atoms with van der Waals surface area (Å²) < 4.78 is 10.8. The summed E-state index contributed by atoms with van der Waals surface area (Å²) in [6, 6.07) is 5.21. The van der Waals surface area contributed by atoms with E-state index in [0.717, 1.165) is 0 Å². The second-order valence-electron chi connectivity index (χ2n) is 5.18. The molecule has 0 aliphatic carbocycles. The number of hydrogen-bond acceptors (Lipinski definition) is 4. The highest BCUT2D eigenvalue weighted by atomic mass is 16.5. The van der Waals surface area contributed by atoms with Gasteiger partial charge >= 0.3 is 5.97 Å². The zero-order valence-electron chi connectivity index (χ0n) is 13.2. The molecule has 2 N–H and O–H groups in total. The van der Waals surface area contributed by atoms with Gasteiger partial charge in [-0.1, -0.05) is 0 Å². The zero-order chi connectivity index (χ0) is 16.5. The van der Waals surface area contributed by atoms with Crippen LogP contribution in [0.4, 0.5) is 5.69 Å². The van der Waals surface area contributed by atoms with Gasteiger partial charge in [0.25, 0.3) is 0 Å². The van der Waals surface area contributed by atoms with Gasteiger partial charge in [-0.25, -0.2) is 0 Å². The molecule has 0 aliphatic heterocycles. The van der Waals surface area contributed by atoms with Gasteiger partial charge in [0.15, 0.2) is 0 Å². The molecule has 6 heteroatoms. The van der Waals surface area contributed by atoms with Gasteiger partial charge in [0.1, 0.15) is 11.5 Å². The average Bonchev–Trinajstić information content (AvgIpc) is 2.44. The molecule has 22 heavy (non-hydrogen) atoms. The molecule has 1 aromatic rings. The lowest BCUT2D eigenvalue weighted by atomic mass is 10.2. The van der Waals surface area contributed by atoms with Crippen molar-refractivity contribution in [2.24, 2.45) is 0 Å². The first-order valence-corrected chi connectivity index (χ1v) is 7.28. The summed E-state index contributed by atoms with van der Waals surface area (Å²) in [6.07, 6.45) is 1.35. The second kappa shape index (κ2) is 8.92. The SMILES string of the molecule is COc1ccc(OC(C)C)c(NC(=O)CCCCC(=O)O)c1.